The minimum Gasteiger partial charge on any atom is -0.491 e. The molecule has 0 aliphatic heterocycles. The van der Waals surface area contributed by atoms with Gasteiger partial charge in [0.15, 0.2) is 6.29 Å². The molecule has 0 aromatic carbocycles. The van der Waals surface area contributed by atoms with Crippen molar-refractivity contribution in [2.75, 3.05) is 26.9 Å². The van der Waals surface area contributed by atoms with Gasteiger partial charge in [-0.3, -0.25) is 4.79 Å². The molecular formula is C19H29NO5. The van der Waals surface area contributed by atoms with Gasteiger partial charge in [0.25, 0.3) is 0 Å². The molecule has 2 unspecified atom stereocenters. The second-order valence-corrected chi connectivity index (χ2v) is 7.14. The van der Waals surface area contributed by atoms with E-state index in [0.29, 0.717) is 37.0 Å². The van der Waals surface area contributed by atoms with Gasteiger partial charge in [-0.05, 0) is 38.5 Å². The highest BCUT2D eigenvalue weighted by molar-refractivity contribution is 5.79. The van der Waals surface area contributed by atoms with Crippen molar-refractivity contribution in [3.63, 3.8) is 0 Å². The first kappa shape index (κ1) is 19.7. The highest BCUT2D eigenvalue weighted by Gasteiger charge is 2.36. The summed E-state index contributed by atoms with van der Waals surface area (Å²) in [7, 11) is 1.59. The van der Waals surface area contributed by atoms with E-state index in [-0.39, 0.29) is 11.8 Å². The summed E-state index contributed by atoms with van der Waals surface area (Å²) in [5, 5.41) is 10.4. The van der Waals surface area contributed by atoms with Gasteiger partial charge < -0.3 is 19.3 Å². The Bertz CT molecular complexity index is 555. The summed E-state index contributed by atoms with van der Waals surface area (Å²) in [6, 6.07) is 1.58. The Kier molecular flexibility index (Phi) is 7.20. The number of ether oxygens (including phenoxy) is 3. The van der Waals surface area contributed by atoms with Crippen molar-refractivity contribution in [2.24, 2.45) is 11.8 Å². The van der Waals surface area contributed by atoms with E-state index in [4.69, 9.17) is 14.2 Å². The summed E-state index contributed by atoms with van der Waals surface area (Å²) >= 11 is 0. The molecule has 6 heteroatoms. The standard InChI is InChI=1S/C19H29NO5/c1-19(2,22)16-7-5-4-6-14(16)13-25-17-11-20-18(10-15(17)12-21)24-9-8-23-3/h10-12,14,16,22H,4-9,13H2,1-3H3. The van der Waals surface area contributed by atoms with Gasteiger partial charge in [0.1, 0.15) is 12.4 Å². The van der Waals surface area contributed by atoms with Crippen molar-refractivity contribution >= 4 is 6.29 Å². The van der Waals surface area contributed by atoms with E-state index in [0.717, 1.165) is 32.0 Å². The molecule has 0 spiro atoms. The topological polar surface area (TPSA) is 77.9 Å². The third kappa shape index (κ3) is 5.68. The lowest BCUT2D eigenvalue weighted by Crippen LogP contribution is -2.40. The van der Waals surface area contributed by atoms with Gasteiger partial charge in [0.2, 0.25) is 5.88 Å². The number of aromatic nitrogens is 1. The number of aldehydes is 1. The molecule has 1 aromatic heterocycles. The molecule has 1 aromatic rings. The first-order valence-electron chi connectivity index (χ1n) is 8.88. The molecule has 1 aliphatic carbocycles. The molecule has 1 saturated carbocycles. The number of aliphatic hydroxyl groups is 1. The van der Waals surface area contributed by atoms with Crippen LogP contribution in [0.1, 0.15) is 49.9 Å². The Labute approximate surface area is 149 Å². The molecule has 6 nitrogen and oxygen atoms in total. The van der Waals surface area contributed by atoms with Crippen LogP contribution in [-0.4, -0.2) is 48.9 Å². The lowest BCUT2D eigenvalue weighted by atomic mass is 9.72. The van der Waals surface area contributed by atoms with Crippen LogP contribution in [0.2, 0.25) is 0 Å². The van der Waals surface area contributed by atoms with Crippen LogP contribution in [0.15, 0.2) is 12.3 Å². The van der Waals surface area contributed by atoms with Crippen LogP contribution < -0.4 is 9.47 Å². The fraction of sp³-hybridized carbons (Fsp3) is 0.684. The van der Waals surface area contributed by atoms with Crippen molar-refractivity contribution < 1.29 is 24.1 Å². The zero-order valence-corrected chi connectivity index (χ0v) is 15.4. The molecule has 1 N–H and O–H groups in total. The largest absolute Gasteiger partial charge is 0.491 e. The Morgan fingerprint density at radius 1 is 1.28 bits per heavy atom. The van der Waals surface area contributed by atoms with E-state index in [2.05, 4.69) is 4.98 Å². The van der Waals surface area contributed by atoms with Crippen LogP contribution in [0.5, 0.6) is 11.6 Å². The van der Waals surface area contributed by atoms with Gasteiger partial charge in [-0.15, -0.1) is 0 Å². The van der Waals surface area contributed by atoms with Crippen molar-refractivity contribution in [3.8, 4) is 11.6 Å². The Morgan fingerprint density at radius 2 is 2.04 bits per heavy atom. The third-order valence-electron chi connectivity index (χ3n) is 4.81. The number of rotatable bonds is 9. The maximum Gasteiger partial charge on any atom is 0.214 e. The van der Waals surface area contributed by atoms with E-state index in [1.807, 2.05) is 13.8 Å². The Morgan fingerprint density at radius 3 is 2.72 bits per heavy atom. The van der Waals surface area contributed by atoms with Gasteiger partial charge in [-0.2, -0.15) is 0 Å². The maximum absolute atomic E-state index is 11.4. The van der Waals surface area contributed by atoms with E-state index in [9.17, 15) is 9.90 Å². The average molecular weight is 351 g/mol. The maximum atomic E-state index is 11.4. The predicted molar refractivity (Wildman–Crippen MR) is 94.2 cm³/mol. The van der Waals surface area contributed by atoms with E-state index >= 15 is 0 Å². The SMILES string of the molecule is COCCOc1cc(C=O)c(OCC2CCCCC2C(C)(C)O)cn1. The fourth-order valence-electron chi connectivity index (χ4n) is 3.49. The van der Waals surface area contributed by atoms with Gasteiger partial charge in [0.05, 0.1) is 30.6 Å². The number of pyridine rings is 1. The number of carbonyl (C=O) groups excluding carboxylic acids is 1. The molecule has 2 atom stereocenters. The van der Waals surface area contributed by atoms with E-state index in [1.54, 1.807) is 13.2 Å². The van der Waals surface area contributed by atoms with Crippen molar-refractivity contribution in [1.82, 2.24) is 4.98 Å². The predicted octanol–water partition coefficient (Wildman–Crippen LogP) is 2.88. The lowest BCUT2D eigenvalue weighted by molar-refractivity contribution is -0.0378. The summed E-state index contributed by atoms with van der Waals surface area (Å²) < 4.78 is 16.2. The highest BCUT2D eigenvalue weighted by Crippen LogP contribution is 2.37. The van der Waals surface area contributed by atoms with Gasteiger partial charge in [-0.25, -0.2) is 4.98 Å². The molecule has 140 valence electrons. The molecule has 25 heavy (non-hydrogen) atoms. The first-order chi connectivity index (χ1) is 12.0. The zero-order chi connectivity index (χ0) is 18.3. The smallest absolute Gasteiger partial charge is 0.214 e. The van der Waals surface area contributed by atoms with Gasteiger partial charge in [0, 0.05) is 13.2 Å². The van der Waals surface area contributed by atoms with Crippen molar-refractivity contribution in [2.45, 2.75) is 45.1 Å². The zero-order valence-electron chi connectivity index (χ0n) is 15.4. The van der Waals surface area contributed by atoms with Crippen molar-refractivity contribution in [1.29, 1.82) is 0 Å². The number of methoxy groups -OCH3 is 1. The summed E-state index contributed by atoms with van der Waals surface area (Å²) in [5.74, 6) is 1.30. The second-order valence-electron chi connectivity index (χ2n) is 7.14. The molecule has 0 bridgehead atoms. The van der Waals surface area contributed by atoms with E-state index in [1.165, 1.54) is 6.20 Å². The normalized spacial score (nSPS) is 21.0. The minimum absolute atomic E-state index is 0.200. The van der Waals surface area contributed by atoms with Crippen LogP contribution in [0.3, 0.4) is 0 Å². The van der Waals surface area contributed by atoms with Gasteiger partial charge >= 0.3 is 0 Å². The quantitative estimate of drug-likeness (QED) is 0.544. The number of hydrogen-bond acceptors (Lipinski definition) is 6. The monoisotopic (exact) mass is 351 g/mol. The average Bonchev–Trinajstić information content (AvgIpc) is 2.60. The van der Waals surface area contributed by atoms with E-state index < -0.39 is 5.60 Å². The Hall–Kier alpha value is -1.66. The highest BCUT2D eigenvalue weighted by atomic mass is 16.5. The number of carbonyl (C=O) groups is 1. The molecule has 1 aliphatic rings. The van der Waals surface area contributed by atoms with Crippen LogP contribution in [0.25, 0.3) is 0 Å². The summed E-state index contributed by atoms with van der Waals surface area (Å²) in [5.41, 5.74) is -0.308. The molecule has 0 saturated heterocycles. The molecule has 0 radical (unpaired) electrons. The first-order valence-corrected chi connectivity index (χ1v) is 8.88. The van der Waals surface area contributed by atoms with Crippen LogP contribution in [-0.2, 0) is 4.74 Å². The minimum atomic E-state index is -0.723. The number of nitrogens with zero attached hydrogens (tertiary/aromatic N) is 1. The molecule has 0 amide bonds. The molecule has 1 fully saturated rings. The third-order valence-corrected chi connectivity index (χ3v) is 4.81. The van der Waals surface area contributed by atoms with Crippen LogP contribution in [0.4, 0.5) is 0 Å². The Balaban J connectivity index is 2.00. The molecular weight excluding hydrogens is 322 g/mol. The van der Waals surface area contributed by atoms with Crippen LogP contribution >= 0.6 is 0 Å². The van der Waals surface area contributed by atoms with Crippen molar-refractivity contribution in [3.05, 3.63) is 17.8 Å². The summed E-state index contributed by atoms with van der Waals surface area (Å²) in [6.45, 7) is 5.02. The molecule has 1 heterocycles. The lowest BCUT2D eigenvalue weighted by Gasteiger charge is -2.39. The second kappa shape index (κ2) is 9.15. The summed E-state index contributed by atoms with van der Waals surface area (Å²) in [4.78, 5) is 15.5. The van der Waals surface area contributed by atoms with Gasteiger partial charge in [-0.1, -0.05) is 12.8 Å². The van der Waals surface area contributed by atoms with Crippen LogP contribution in [0, 0.1) is 11.8 Å². The number of hydrogen-bond donors (Lipinski definition) is 1. The summed E-state index contributed by atoms with van der Waals surface area (Å²) in [6.07, 6.45) is 6.58. The molecule has 2 rings (SSSR count). The fourth-order valence-corrected chi connectivity index (χ4v) is 3.49.